The third-order valence-corrected chi connectivity index (χ3v) is 5.12. The summed E-state index contributed by atoms with van der Waals surface area (Å²) >= 11 is 0. The molecule has 162 valence electrons. The van der Waals surface area contributed by atoms with Crippen LogP contribution in [0.15, 0.2) is 36.4 Å². The molecule has 0 fully saturated rings. The van der Waals surface area contributed by atoms with Gasteiger partial charge in [-0.25, -0.2) is 9.59 Å². The van der Waals surface area contributed by atoms with Crippen LogP contribution in [-0.2, 0) is 22.4 Å². The Bertz CT molecular complexity index is 861. The van der Waals surface area contributed by atoms with E-state index < -0.39 is 11.9 Å². The first-order valence-corrected chi connectivity index (χ1v) is 10.8. The van der Waals surface area contributed by atoms with Crippen LogP contribution in [0.4, 0.5) is 5.69 Å². The first-order valence-electron chi connectivity index (χ1n) is 10.8. The number of aryl methyl sites for hydroxylation is 1. The van der Waals surface area contributed by atoms with Crippen molar-refractivity contribution in [1.82, 2.24) is 4.98 Å². The Morgan fingerprint density at radius 3 is 2.37 bits per heavy atom. The maximum atomic E-state index is 9.55. The number of unbranched alkanes of at least 4 members (excludes halogenated alkanes) is 4. The fourth-order valence-electron chi connectivity index (χ4n) is 3.66. The van der Waals surface area contributed by atoms with Crippen molar-refractivity contribution < 1.29 is 19.8 Å². The molecule has 0 saturated heterocycles. The van der Waals surface area contributed by atoms with Crippen LogP contribution in [0.1, 0.15) is 63.1 Å². The lowest BCUT2D eigenvalue weighted by Gasteiger charge is -2.21. The molecule has 0 aliphatic heterocycles. The largest absolute Gasteiger partial charge is 0.478 e. The van der Waals surface area contributed by atoms with Gasteiger partial charge in [-0.1, -0.05) is 50.8 Å². The standard InChI is InChI=1S/C20H28N2.C4H4O4/c1-2-3-4-5-10-15-21-20-16-11-6-8-13-18(16)22-19-14-9-7-12-17(19)20;5-3(6)1-2-4(7)8/h6,8,11,13H,2-5,7,9-10,12,14-15H2,1H3,(H,21,22);1-2H,(H,5,6)(H,7,8)/b;2-1+. The third kappa shape index (κ3) is 7.50. The van der Waals surface area contributed by atoms with E-state index >= 15 is 0 Å². The maximum absolute atomic E-state index is 9.55. The number of aliphatic carboxylic acids is 2. The lowest BCUT2D eigenvalue weighted by molar-refractivity contribution is -0.134. The van der Waals surface area contributed by atoms with Gasteiger partial charge in [0.25, 0.3) is 0 Å². The number of carboxylic acid groups (broad SMARTS) is 2. The molecule has 1 aromatic heterocycles. The highest BCUT2D eigenvalue weighted by Crippen LogP contribution is 2.33. The highest BCUT2D eigenvalue weighted by molar-refractivity contribution is 5.93. The van der Waals surface area contributed by atoms with Crippen LogP contribution in [0.5, 0.6) is 0 Å². The molecule has 6 nitrogen and oxygen atoms in total. The Hall–Kier alpha value is -2.89. The number of anilines is 1. The zero-order chi connectivity index (χ0) is 21.8. The Kier molecular flexibility index (Phi) is 9.84. The molecule has 0 atom stereocenters. The smallest absolute Gasteiger partial charge is 0.328 e. The van der Waals surface area contributed by atoms with Gasteiger partial charge >= 0.3 is 11.9 Å². The van der Waals surface area contributed by atoms with E-state index in [0.29, 0.717) is 12.2 Å². The fraction of sp³-hybridized carbons (Fsp3) is 0.458. The average molecular weight is 413 g/mol. The molecular weight excluding hydrogens is 380 g/mol. The van der Waals surface area contributed by atoms with Crippen LogP contribution < -0.4 is 5.32 Å². The number of rotatable bonds is 9. The summed E-state index contributed by atoms with van der Waals surface area (Å²) in [6.45, 7) is 3.36. The topological polar surface area (TPSA) is 99.5 Å². The number of benzene rings is 1. The molecule has 0 amide bonds. The van der Waals surface area contributed by atoms with Crippen molar-refractivity contribution in [3.63, 3.8) is 0 Å². The van der Waals surface area contributed by atoms with E-state index in [0.717, 1.165) is 18.5 Å². The molecule has 2 aromatic rings. The molecule has 0 bridgehead atoms. The van der Waals surface area contributed by atoms with Crippen LogP contribution >= 0.6 is 0 Å². The number of hydrogen-bond donors (Lipinski definition) is 3. The number of hydrogen-bond acceptors (Lipinski definition) is 4. The number of fused-ring (bicyclic) bond motifs is 2. The van der Waals surface area contributed by atoms with E-state index in [1.807, 2.05) is 0 Å². The number of carbonyl (C=O) groups is 2. The minimum absolute atomic E-state index is 0.558. The molecule has 0 radical (unpaired) electrons. The molecule has 0 saturated carbocycles. The van der Waals surface area contributed by atoms with Crippen LogP contribution in [0.3, 0.4) is 0 Å². The highest BCUT2D eigenvalue weighted by atomic mass is 16.4. The molecule has 1 aromatic carbocycles. The van der Waals surface area contributed by atoms with Crippen molar-refractivity contribution >= 4 is 28.5 Å². The van der Waals surface area contributed by atoms with Crippen molar-refractivity contribution in [2.45, 2.75) is 64.7 Å². The molecule has 3 rings (SSSR count). The average Bonchev–Trinajstić information content (AvgIpc) is 2.74. The van der Waals surface area contributed by atoms with Gasteiger partial charge in [-0.2, -0.15) is 0 Å². The van der Waals surface area contributed by atoms with Gasteiger partial charge in [0.15, 0.2) is 0 Å². The quantitative estimate of drug-likeness (QED) is 0.386. The summed E-state index contributed by atoms with van der Waals surface area (Å²) in [7, 11) is 0. The summed E-state index contributed by atoms with van der Waals surface area (Å²) in [6, 6.07) is 8.60. The molecule has 6 heteroatoms. The molecule has 1 heterocycles. The second-order valence-electron chi connectivity index (χ2n) is 7.49. The minimum atomic E-state index is -1.26. The lowest BCUT2D eigenvalue weighted by Crippen LogP contribution is -2.12. The lowest BCUT2D eigenvalue weighted by atomic mass is 9.92. The Morgan fingerprint density at radius 2 is 1.67 bits per heavy atom. The van der Waals surface area contributed by atoms with E-state index in [2.05, 4.69) is 36.5 Å². The van der Waals surface area contributed by atoms with Crippen LogP contribution in [0.25, 0.3) is 10.9 Å². The normalized spacial score (nSPS) is 12.8. The van der Waals surface area contributed by atoms with Gasteiger partial charge in [-0.15, -0.1) is 0 Å². The third-order valence-electron chi connectivity index (χ3n) is 5.12. The number of para-hydroxylation sites is 1. The van der Waals surface area contributed by atoms with Crippen LogP contribution in [0, 0.1) is 0 Å². The molecule has 0 unspecified atom stereocenters. The Labute approximate surface area is 178 Å². The number of nitrogens with one attached hydrogen (secondary N) is 1. The first-order chi connectivity index (χ1) is 14.5. The molecular formula is C24H32N2O4. The van der Waals surface area contributed by atoms with Gasteiger partial charge in [0.1, 0.15) is 0 Å². The van der Waals surface area contributed by atoms with Gasteiger partial charge in [0, 0.05) is 35.5 Å². The van der Waals surface area contributed by atoms with Crippen molar-refractivity contribution in [2.24, 2.45) is 0 Å². The highest BCUT2D eigenvalue weighted by Gasteiger charge is 2.17. The van der Waals surface area contributed by atoms with Gasteiger partial charge < -0.3 is 15.5 Å². The van der Waals surface area contributed by atoms with Crippen molar-refractivity contribution in [3.05, 3.63) is 47.7 Å². The van der Waals surface area contributed by atoms with E-state index in [4.69, 9.17) is 15.2 Å². The van der Waals surface area contributed by atoms with Crippen LogP contribution in [0.2, 0.25) is 0 Å². The van der Waals surface area contributed by atoms with Gasteiger partial charge in [-0.3, -0.25) is 4.98 Å². The molecule has 0 spiro atoms. The zero-order valence-corrected chi connectivity index (χ0v) is 17.7. The van der Waals surface area contributed by atoms with E-state index in [1.165, 1.54) is 73.7 Å². The summed E-state index contributed by atoms with van der Waals surface area (Å²) in [5.41, 5.74) is 5.34. The SMILES string of the molecule is CCCCCCCNc1c2c(nc3ccccc13)CCCC2.O=C(O)/C=C/C(=O)O. The number of carboxylic acids is 2. The second kappa shape index (κ2) is 12.6. The van der Waals surface area contributed by atoms with Crippen LogP contribution in [-0.4, -0.2) is 33.7 Å². The monoisotopic (exact) mass is 412 g/mol. The molecule has 1 aliphatic rings. The molecule has 3 N–H and O–H groups in total. The van der Waals surface area contributed by atoms with Gasteiger partial charge in [0.2, 0.25) is 0 Å². The summed E-state index contributed by atoms with van der Waals surface area (Å²) in [5.74, 6) is -2.51. The van der Waals surface area contributed by atoms with Crippen molar-refractivity contribution in [3.8, 4) is 0 Å². The number of pyridine rings is 1. The van der Waals surface area contributed by atoms with Gasteiger partial charge in [-0.05, 0) is 43.7 Å². The summed E-state index contributed by atoms with van der Waals surface area (Å²) < 4.78 is 0. The van der Waals surface area contributed by atoms with Crippen molar-refractivity contribution in [2.75, 3.05) is 11.9 Å². The predicted octanol–water partition coefficient (Wildman–Crippen LogP) is 5.21. The summed E-state index contributed by atoms with van der Waals surface area (Å²) in [5, 5.41) is 20.7. The second-order valence-corrected chi connectivity index (χ2v) is 7.49. The molecule has 30 heavy (non-hydrogen) atoms. The number of nitrogens with zero attached hydrogens (tertiary/aromatic N) is 1. The van der Waals surface area contributed by atoms with E-state index in [-0.39, 0.29) is 0 Å². The number of aromatic nitrogens is 1. The van der Waals surface area contributed by atoms with E-state index in [9.17, 15) is 9.59 Å². The van der Waals surface area contributed by atoms with Crippen molar-refractivity contribution in [1.29, 1.82) is 0 Å². The zero-order valence-electron chi connectivity index (χ0n) is 17.7. The summed E-state index contributed by atoms with van der Waals surface area (Å²) in [6.07, 6.45) is 12.7. The Morgan fingerprint density at radius 1 is 1.00 bits per heavy atom. The maximum Gasteiger partial charge on any atom is 0.328 e. The first kappa shape index (κ1) is 23.4. The predicted molar refractivity (Wildman–Crippen MR) is 120 cm³/mol. The fourth-order valence-corrected chi connectivity index (χ4v) is 3.66. The minimum Gasteiger partial charge on any atom is -0.478 e. The summed E-state index contributed by atoms with van der Waals surface area (Å²) in [4.78, 5) is 24.0. The van der Waals surface area contributed by atoms with E-state index in [1.54, 1.807) is 0 Å². The molecule has 1 aliphatic carbocycles. The van der Waals surface area contributed by atoms with Gasteiger partial charge in [0.05, 0.1) is 5.52 Å². The Balaban J connectivity index is 0.000000343.